The molecule has 0 saturated heterocycles. The minimum atomic E-state index is -0.310. The van der Waals surface area contributed by atoms with Gasteiger partial charge in [-0.2, -0.15) is 0 Å². The van der Waals surface area contributed by atoms with Crippen LogP contribution in [0.25, 0.3) is 0 Å². The first kappa shape index (κ1) is 17.5. The molecule has 0 fully saturated rings. The maximum Gasteiger partial charge on any atom is 0.274 e. The quantitative estimate of drug-likeness (QED) is 0.378. The molecule has 1 atom stereocenters. The van der Waals surface area contributed by atoms with Crippen LogP contribution < -0.4 is 5.32 Å². The van der Waals surface area contributed by atoms with E-state index >= 15 is 0 Å². The van der Waals surface area contributed by atoms with Gasteiger partial charge in [-0.05, 0) is 38.8 Å². The second kappa shape index (κ2) is 8.65. The summed E-state index contributed by atoms with van der Waals surface area (Å²) >= 11 is 0. The van der Waals surface area contributed by atoms with E-state index in [1.54, 1.807) is 13.0 Å². The first-order valence-corrected chi connectivity index (χ1v) is 7.97. The average molecular weight is 292 g/mol. The fourth-order valence-electron chi connectivity index (χ4n) is 2.58. The summed E-state index contributed by atoms with van der Waals surface area (Å²) in [6.07, 6.45) is 7.46. The molecule has 0 aromatic heterocycles. The van der Waals surface area contributed by atoms with Crippen molar-refractivity contribution in [3.8, 4) is 0 Å². The molecule has 4 nitrogen and oxygen atoms in total. The summed E-state index contributed by atoms with van der Waals surface area (Å²) in [5.74, 6) is 0. The summed E-state index contributed by atoms with van der Waals surface area (Å²) in [5, 5.41) is 14.4. The van der Waals surface area contributed by atoms with E-state index in [1.807, 2.05) is 13.0 Å². The van der Waals surface area contributed by atoms with Crippen LogP contribution in [0.15, 0.2) is 12.1 Å². The minimum Gasteiger partial charge on any atom is -0.382 e. The number of nitrogens with one attached hydrogen (secondary N) is 1. The van der Waals surface area contributed by atoms with Gasteiger partial charge in [0, 0.05) is 23.4 Å². The van der Waals surface area contributed by atoms with Crippen molar-refractivity contribution in [1.29, 1.82) is 0 Å². The van der Waals surface area contributed by atoms with E-state index in [4.69, 9.17) is 0 Å². The van der Waals surface area contributed by atoms with Gasteiger partial charge in [-0.15, -0.1) is 0 Å². The summed E-state index contributed by atoms with van der Waals surface area (Å²) in [5.41, 5.74) is 2.86. The molecule has 0 aliphatic carbocycles. The van der Waals surface area contributed by atoms with Crippen molar-refractivity contribution in [1.82, 2.24) is 0 Å². The molecular formula is C17H28N2O2. The Morgan fingerprint density at radius 2 is 1.81 bits per heavy atom. The lowest BCUT2D eigenvalue weighted by Crippen LogP contribution is -2.16. The van der Waals surface area contributed by atoms with Crippen LogP contribution in [0, 0.1) is 24.0 Å². The Morgan fingerprint density at radius 1 is 1.14 bits per heavy atom. The highest BCUT2D eigenvalue weighted by atomic mass is 16.6. The van der Waals surface area contributed by atoms with E-state index in [-0.39, 0.29) is 10.6 Å². The molecule has 21 heavy (non-hydrogen) atoms. The van der Waals surface area contributed by atoms with Gasteiger partial charge in [0.25, 0.3) is 5.69 Å². The van der Waals surface area contributed by atoms with Gasteiger partial charge >= 0.3 is 0 Å². The number of hydrogen-bond donors (Lipinski definition) is 1. The fourth-order valence-corrected chi connectivity index (χ4v) is 2.58. The molecule has 0 saturated carbocycles. The first-order chi connectivity index (χ1) is 9.95. The van der Waals surface area contributed by atoms with E-state index < -0.39 is 0 Å². The van der Waals surface area contributed by atoms with Gasteiger partial charge in [-0.25, -0.2) is 0 Å². The van der Waals surface area contributed by atoms with Crippen LogP contribution in [0.3, 0.4) is 0 Å². The van der Waals surface area contributed by atoms with Gasteiger partial charge in [-0.1, -0.05) is 39.0 Å². The van der Waals surface area contributed by atoms with E-state index in [9.17, 15) is 10.1 Å². The number of benzene rings is 1. The zero-order valence-electron chi connectivity index (χ0n) is 13.7. The van der Waals surface area contributed by atoms with Crippen molar-refractivity contribution in [2.24, 2.45) is 0 Å². The SMILES string of the molecule is CCCCCCCC(C)Nc1cc([N+](=O)[O-])c(C)cc1C. The van der Waals surface area contributed by atoms with Gasteiger partial charge in [0.1, 0.15) is 0 Å². The molecule has 4 heteroatoms. The Hall–Kier alpha value is -1.58. The standard InChI is InChI=1S/C17H28N2O2/c1-5-6-7-8-9-10-15(4)18-16-12-17(19(20)21)14(3)11-13(16)2/h11-12,15,18H,5-10H2,1-4H3. The molecule has 1 aromatic rings. The molecule has 0 amide bonds. The number of aryl methyl sites for hydroxylation is 2. The average Bonchev–Trinajstić information content (AvgIpc) is 2.41. The largest absolute Gasteiger partial charge is 0.382 e. The van der Waals surface area contributed by atoms with Crippen molar-refractivity contribution < 1.29 is 4.92 Å². The lowest BCUT2D eigenvalue weighted by Gasteiger charge is -2.17. The van der Waals surface area contributed by atoms with Crippen LogP contribution in [0.5, 0.6) is 0 Å². The number of unbranched alkanes of at least 4 members (excludes halogenated alkanes) is 4. The predicted octanol–water partition coefficient (Wildman–Crippen LogP) is 5.37. The van der Waals surface area contributed by atoms with Gasteiger partial charge in [0.15, 0.2) is 0 Å². The first-order valence-electron chi connectivity index (χ1n) is 7.97. The highest BCUT2D eigenvalue weighted by Crippen LogP contribution is 2.27. The molecule has 0 heterocycles. The summed E-state index contributed by atoms with van der Waals surface area (Å²) in [7, 11) is 0. The molecule has 0 radical (unpaired) electrons. The normalized spacial score (nSPS) is 12.2. The summed E-state index contributed by atoms with van der Waals surface area (Å²) in [6, 6.07) is 3.89. The van der Waals surface area contributed by atoms with E-state index in [0.717, 1.165) is 23.2 Å². The maximum atomic E-state index is 11.0. The van der Waals surface area contributed by atoms with Crippen LogP contribution in [0.1, 0.15) is 63.5 Å². The maximum absolute atomic E-state index is 11.0. The second-order valence-corrected chi connectivity index (χ2v) is 5.96. The zero-order chi connectivity index (χ0) is 15.8. The molecule has 0 aliphatic rings. The lowest BCUT2D eigenvalue weighted by molar-refractivity contribution is -0.385. The molecule has 0 bridgehead atoms. The minimum absolute atomic E-state index is 0.193. The highest BCUT2D eigenvalue weighted by molar-refractivity contribution is 5.60. The number of nitro benzene ring substituents is 1. The van der Waals surface area contributed by atoms with Crippen molar-refractivity contribution >= 4 is 11.4 Å². The topological polar surface area (TPSA) is 55.2 Å². The number of hydrogen-bond acceptors (Lipinski definition) is 3. The van der Waals surface area contributed by atoms with Crippen LogP contribution in [0.4, 0.5) is 11.4 Å². The fraction of sp³-hybridized carbons (Fsp3) is 0.647. The van der Waals surface area contributed by atoms with Crippen molar-refractivity contribution in [3.63, 3.8) is 0 Å². The van der Waals surface area contributed by atoms with E-state index in [0.29, 0.717) is 6.04 Å². The zero-order valence-corrected chi connectivity index (χ0v) is 13.7. The molecule has 0 aliphatic heterocycles. The van der Waals surface area contributed by atoms with Crippen molar-refractivity contribution in [2.45, 2.75) is 72.3 Å². The third-order valence-electron chi connectivity index (χ3n) is 3.88. The highest BCUT2D eigenvalue weighted by Gasteiger charge is 2.14. The molecule has 118 valence electrons. The van der Waals surface area contributed by atoms with Gasteiger partial charge in [0.2, 0.25) is 0 Å². The molecule has 1 rings (SSSR count). The summed E-state index contributed by atoms with van der Waals surface area (Å²) in [4.78, 5) is 10.7. The van der Waals surface area contributed by atoms with E-state index in [2.05, 4.69) is 19.2 Å². The Bertz CT molecular complexity index is 472. The summed E-state index contributed by atoms with van der Waals surface area (Å²) < 4.78 is 0. The molecular weight excluding hydrogens is 264 g/mol. The van der Waals surface area contributed by atoms with Crippen molar-refractivity contribution in [3.05, 3.63) is 33.4 Å². The lowest BCUT2D eigenvalue weighted by atomic mass is 10.0. The molecule has 0 spiro atoms. The third-order valence-corrected chi connectivity index (χ3v) is 3.88. The van der Waals surface area contributed by atoms with E-state index in [1.165, 1.54) is 32.1 Å². The number of rotatable bonds is 9. The molecule has 1 aromatic carbocycles. The summed E-state index contributed by atoms with van der Waals surface area (Å²) in [6.45, 7) is 8.14. The monoisotopic (exact) mass is 292 g/mol. The number of nitro groups is 1. The van der Waals surface area contributed by atoms with Gasteiger partial charge < -0.3 is 5.32 Å². The third kappa shape index (κ3) is 5.74. The van der Waals surface area contributed by atoms with Crippen LogP contribution in [0.2, 0.25) is 0 Å². The Kier molecular flexibility index (Phi) is 7.20. The van der Waals surface area contributed by atoms with Gasteiger partial charge in [-0.3, -0.25) is 10.1 Å². The number of anilines is 1. The predicted molar refractivity (Wildman–Crippen MR) is 89.0 cm³/mol. The Labute approximate surface area is 128 Å². The van der Waals surface area contributed by atoms with Crippen LogP contribution in [-0.4, -0.2) is 11.0 Å². The van der Waals surface area contributed by atoms with Gasteiger partial charge in [0.05, 0.1) is 4.92 Å². The Balaban J connectivity index is 2.57. The van der Waals surface area contributed by atoms with Crippen molar-refractivity contribution in [2.75, 3.05) is 5.32 Å². The smallest absolute Gasteiger partial charge is 0.274 e. The Morgan fingerprint density at radius 3 is 2.43 bits per heavy atom. The number of nitrogens with zero attached hydrogens (tertiary/aromatic N) is 1. The van der Waals surface area contributed by atoms with Crippen LogP contribution in [-0.2, 0) is 0 Å². The van der Waals surface area contributed by atoms with Crippen LogP contribution >= 0.6 is 0 Å². The molecule has 1 unspecified atom stereocenters. The molecule has 1 N–H and O–H groups in total. The second-order valence-electron chi connectivity index (χ2n) is 5.96.